The van der Waals surface area contributed by atoms with Crippen LogP contribution in [0, 0.1) is 13.8 Å². The van der Waals surface area contributed by atoms with Crippen LogP contribution in [0.3, 0.4) is 0 Å². The van der Waals surface area contributed by atoms with E-state index in [0.29, 0.717) is 44.7 Å². The van der Waals surface area contributed by atoms with Crippen molar-refractivity contribution in [2.45, 2.75) is 37.8 Å². The highest BCUT2D eigenvalue weighted by atomic mass is 32.2. The number of ether oxygens (including phenoxy) is 1. The molecule has 0 saturated carbocycles. The first-order valence-electron chi connectivity index (χ1n) is 10.2. The number of amides is 1. The summed E-state index contributed by atoms with van der Waals surface area (Å²) < 4.78 is 68.0. The van der Waals surface area contributed by atoms with Crippen LogP contribution in [-0.4, -0.2) is 82.8 Å². The van der Waals surface area contributed by atoms with Crippen LogP contribution in [0.15, 0.2) is 23.1 Å². The third-order valence-electron chi connectivity index (χ3n) is 5.00. The number of piperazine rings is 1. The topological polar surface area (TPSA) is 79.0 Å². The Hall–Kier alpha value is -1.69. The van der Waals surface area contributed by atoms with E-state index in [1.54, 1.807) is 30.0 Å². The van der Waals surface area contributed by atoms with Crippen molar-refractivity contribution in [3.63, 3.8) is 0 Å². The third kappa shape index (κ3) is 8.76. The molecular formula is C20H30F3N3O4S. The number of nitrogens with one attached hydrogen (secondary N) is 1. The van der Waals surface area contributed by atoms with E-state index in [0.717, 1.165) is 5.56 Å². The number of hydrogen-bond acceptors (Lipinski definition) is 5. The maximum atomic E-state index is 12.5. The molecule has 0 aliphatic carbocycles. The number of carbonyl (C=O) groups excluding carboxylic acids is 1. The van der Waals surface area contributed by atoms with Gasteiger partial charge in [0.15, 0.2) is 0 Å². The summed E-state index contributed by atoms with van der Waals surface area (Å²) in [6, 6.07) is 5.08. The maximum absolute atomic E-state index is 12.5. The van der Waals surface area contributed by atoms with Crippen LogP contribution in [0.2, 0.25) is 0 Å². The molecule has 1 fully saturated rings. The highest BCUT2D eigenvalue weighted by molar-refractivity contribution is 7.89. The highest BCUT2D eigenvalue weighted by Crippen LogP contribution is 2.16. The molecule has 1 aromatic rings. The summed E-state index contributed by atoms with van der Waals surface area (Å²) in [4.78, 5) is 16.3. The number of hydrogen-bond donors (Lipinski definition) is 1. The van der Waals surface area contributed by atoms with Crippen molar-refractivity contribution in [1.29, 1.82) is 0 Å². The van der Waals surface area contributed by atoms with E-state index in [9.17, 15) is 26.4 Å². The molecule has 1 aliphatic heterocycles. The number of sulfonamides is 1. The summed E-state index contributed by atoms with van der Waals surface area (Å²) in [5, 5.41) is 0. The van der Waals surface area contributed by atoms with E-state index < -0.39 is 22.8 Å². The normalized spacial score (nSPS) is 16.0. The smallest absolute Gasteiger partial charge is 0.372 e. The van der Waals surface area contributed by atoms with Gasteiger partial charge in [0.05, 0.1) is 4.90 Å². The Morgan fingerprint density at radius 3 is 2.45 bits per heavy atom. The number of carbonyl (C=O) groups is 1. The second kappa shape index (κ2) is 11.3. The zero-order chi connectivity index (χ0) is 23.1. The van der Waals surface area contributed by atoms with E-state index in [-0.39, 0.29) is 30.4 Å². The van der Waals surface area contributed by atoms with Crippen LogP contribution in [0.4, 0.5) is 13.2 Å². The number of alkyl halides is 3. The number of aryl methyl sites for hydroxylation is 2. The first-order valence-corrected chi connectivity index (χ1v) is 11.7. The van der Waals surface area contributed by atoms with E-state index in [1.165, 1.54) is 0 Å². The van der Waals surface area contributed by atoms with Crippen LogP contribution < -0.4 is 4.72 Å². The van der Waals surface area contributed by atoms with Gasteiger partial charge in [0, 0.05) is 52.3 Å². The summed E-state index contributed by atoms with van der Waals surface area (Å²) >= 11 is 0. The zero-order valence-corrected chi connectivity index (χ0v) is 18.7. The van der Waals surface area contributed by atoms with Crippen LogP contribution in [0.5, 0.6) is 0 Å². The van der Waals surface area contributed by atoms with Gasteiger partial charge in [-0.3, -0.25) is 9.69 Å². The maximum Gasteiger partial charge on any atom is 0.411 e. The van der Waals surface area contributed by atoms with Gasteiger partial charge < -0.3 is 9.64 Å². The summed E-state index contributed by atoms with van der Waals surface area (Å²) in [7, 11) is -3.68. The van der Waals surface area contributed by atoms with Crippen molar-refractivity contribution in [2.75, 3.05) is 52.5 Å². The minimum Gasteiger partial charge on any atom is -0.372 e. The molecule has 0 spiro atoms. The summed E-state index contributed by atoms with van der Waals surface area (Å²) in [6.45, 7) is 5.31. The van der Waals surface area contributed by atoms with Crippen molar-refractivity contribution in [2.24, 2.45) is 0 Å². The molecule has 1 aromatic carbocycles. The lowest BCUT2D eigenvalue weighted by Gasteiger charge is -2.34. The Morgan fingerprint density at radius 2 is 1.84 bits per heavy atom. The molecule has 1 N–H and O–H groups in total. The quantitative estimate of drug-likeness (QED) is 0.536. The third-order valence-corrected chi connectivity index (χ3v) is 6.63. The van der Waals surface area contributed by atoms with Gasteiger partial charge in [-0.25, -0.2) is 13.1 Å². The van der Waals surface area contributed by atoms with Gasteiger partial charge in [-0.05, 0) is 31.9 Å². The van der Waals surface area contributed by atoms with Crippen molar-refractivity contribution < 1.29 is 31.1 Å². The van der Waals surface area contributed by atoms with Crippen LogP contribution in [0.25, 0.3) is 0 Å². The molecule has 1 amide bonds. The van der Waals surface area contributed by atoms with Gasteiger partial charge >= 0.3 is 6.18 Å². The van der Waals surface area contributed by atoms with Gasteiger partial charge in [-0.2, -0.15) is 13.2 Å². The monoisotopic (exact) mass is 465 g/mol. The lowest BCUT2D eigenvalue weighted by molar-refractivity contribution is -0.174. The Morgan fingerprint density at radius 1 is 1.16 bits per heavy atom. The van der Waals surface area contributed by atoms with E-state index >= 15 is 0 Å². The molecule has 1 aliphatic rings. The molecule has 7 nitrogen and oxygen atoms in total. The van der Waals surface area contributed by atoms with E-state index in [2.05, 4.69) is 14.4 Å². The molecule has 1 saturated heterocycles. The Kier molecular flexibility index (Phi) is 9.28. The van der Waals surface area contributed by atoms with E-state index in [4.69, 9.17) is 0 Å². The highest BCUT2D eigenvalue weighted by Gasteiger charge is 2.27. The molecule has 11 heteroatoms. The minimum atomic E-state index is -4.31. The first-order chi connectivity index (χ1) is 14.5. The Balaban J connectivity index is 1.66. The van der Waals surface area contributed by atoms with Gasteiger partial charge in [0.2, 0.25) is 15.9 Å². The lowest BCUT2D eigenvalue weighted by atomic mass is 10.2. The standard InChI is InChI=1S/C20H30F3N3O4S/c1-16-4-5-18(17(2)14-16)31(28,29)24-7-6-19(27)26-11-9-25(10-12-26)8-3-13-30-15-20(21,22)23/h4-5,14,24H,3,6-13,15H2,1-2H3. The fraction of sp³-hybridized carbons (Fsp3) is 0.650. The molecule has 0 aromatic heterocycles. The molecule has 0 bridgehead atoms. The lowest BCUT2D eigenvalue weighted by Crippen LogP contribution is -2.49. The molecule has 2 rings (SSSR count). The molecule has 0 unspecified atom stereocenters. The predicted octanol–water partition coefficient (Wildman–Crippen LogP) is 2.09. The summed E-state index contributed by atoms with van der Waals surface area (Å²) in [6.07, 6.45) is -3.75. The second-order valence-corrected chi connectivity index (χ2v) is 9.40. The average Bonchev–Trinajstić information content (AvgIpc) is 2.66. The number of halogens is 3. The fourth-order valence-corrected chi connectivity index (χ4v) is 4.68. The van der Waals surface area contributed by atoms with Crippen LogP contribution in [0.1, 0.15) is 24.0 Å². The van der Waals surface area contributed by atoms with Crippen molar-refractivity contribution in [1.82, 2.24) is 14.5 Å². The number of rotatable bonds is 10. The number of benzene rings is 1. The first kappa shape index (κ1) is 25.6. The molecule has 31 heavy (non-hydrogen) atoms. The molecular weight excluding hydrogens is 435 g/mol. The van der Waals surface area contributed by atoms with Gasteiger partial charge in [-0.15, -0.1) is 0 Å². The SMILES string of the molecule is Cc1ccc(S(=O)(=O)NCCC(=O)N2CCN(CCCOCC(F)(F)F)CC2)c(C)c1. The molecule has 176 valence electrons. The molecule has 0 radical (unpaired) electrons. The van der Waals surface area contributed by atoms with Crippen LogP contribution in [-0.2, 0) is 19.6 Å². The molecule has 1 heterocycles. The predicted molar refractivity (Wildman–Crippen MR) is 110 cm³/mol. The van der Waals surface area contributed by atoms with Gasteiger partial charge in [0.25, 0.3) is 0 Å². The molecule has 0 atom stereocenters. The Bertz CT molecular complexity index is 839. The second-order valence-electron chi connectivity index (χ2n) is 7.66. The zero-order valence-electron chi connectivity index (χ0n) is 17.9. The average molecular weight is 466 g/mol. The van der Waals surface area contributed by atoms with Crippen molar-refractivity contribution in [3.8, 4) is 0 Å². The number of nitrogens with zero attached hydrogens (tertiary/aromatic N) is 2. The van der Waals surface area contributed by atoms with Gasteiger partial charge in [-0.1, -0.05) is 17.7 Å². The minimum absolute atomic E-state index is 0.0191. The largest absolute Gasteiger partial charge is 0.411 e. The Labute approximate surface area is 181 Å². The fourth-order valence-electron chi connectivity index (χ4n) is 3.43. The summed E-state index contributed by atoms with van der Waals surface area (Å²) in [5.41, 5.74) is 1.62. The van der Waals surface area contributed by atoms with Gasteiger partial charge in [0.1, 0.15) is 6.61 Å². The van der Waals surface area contributed by atoms with E-state index in [1.807, 2.05) is 6.92 Å². The van der Waals surface area contributed by atoms with Crippen molar-refractivity contribution >= 4 is 15.9 Å². The van der Waals surface area contributed by atoms with Crippen molar-refractivity contribution in [3.05, 3.63) is 29.3 Å². The van der Waals surface area contributed by atoms with Crippen LogP contribution >= 0.6 is 0 Å². The summed E-state index contributed by atoms with van der Waals surface area (Å²) in [5.74, 6) is -0.128.